The van der Waals surface area contributed by atoms with Gasteiger partial charge in [-0.1, -0.05) is 49.5 Å². The summed E-state index contributed by atoms with van der Waals surface area (Å²) in [4.78, 5) is 36.3. The van der Waals surface area contributed by atoms with Crippen molar-refractivity contribution in [3.05, 3.63) is 48.6 Å². The topological polar surface area (TPSA) is 95.5 Å². The monoisotopic (exact) mass is 368 g/mol. The summed E-state index contributed by atoms with van der Waals surface area (Å²) in [5.74, 6) is 3.47. The number of Topliss-reactive ketones (excluding diaryl/α,β-unsaturated/α-hetero) is 1. The number of rotatable bonds is 7. The molecule has 6 heteroatoms. The third-order valence-corrected chi connectivity index (χ3v) is 4.62. The number of benzene rings is 1. The van der Waals surface area contributed by atoms with E-state index >= 15 is 0 Å². The maximum Gasteiger partial charge on any atom is 0.317 e. The van der Waals surface area contributed by atoms with Crippen LogP contribution in [0.2, 0.25) is 0 Å². The molecule has 142 valence electrons. The van der Waals surface area contributed by atoms with Crippen LogP contribution in [-0.2, 0) is 14.4 Å². The van der Waals surface area contributed by atoms with Crippen molar-refractivity contribution in [3.8, 4) is 11.8 Å². The molecule has 0 radical (unpaired) electrons. The molecule has 0 aromatic heterocycles. The molecule has 6 nitrogen and oxygen atoms in total. The van der Waals surface area contributed by atoms with Gasteiger partial charge in [0.05, 0.1) is 12.6 Å². The fourth-order valence-corrected chi connectivity index (χ4v) is 3.27. The van der Waals surface area contributed by atoms with Gasteiger partial charge in [-0.2, -0.15) is 0 Å². The average Bonchev–Trinajstić information content (AvgIpc) is 2.68. The molecule has 3 N–H and O–H groups in total. The van der Waals surface area contributed by atoms with Crippen LogP contribution in [0.1, 0.15) is 37.7 Å². The van der Waals surface area contributed by atoms with Crippen LogP contribution < -0.4 is 10.6 Å². The molecule has 1 saturated carbocycles. The molecule has 2 rings (SSSR count). The largest absolute Gasteiger partial charge is 0.480 e. The molecule has 27 heavy (non-hydrogen) atoms. The van der Waals surface area contributed by atoms with Gasteiger partial charge in [-0.15, -0.1) is 6.58 Å². The Morgan fingerprint density at radius 3 is 2.44 bits per heavy atom. The summed E-state index contributed by atoms with van der Waals surface area (Å²) in [5, 5.41) is 14.3. The van der Waals surface area contributed by atoms with E-state index in [1.165, 1.54) is 6.08 Å². The van der Waals surface area contributed by atoms with Gasteiger partial charge in [0.25, 0.3) is 5.91 Å². The zero-order valence-corrected chi connectivity index (χ0v) is 15.2. The van der Waals surface area contributed by atoms with E-state index in [1.807, 2.05) is 18.2 Å². The van der Waals surface area contributed by atoms with E-state index in [4.69, 9.17) is 5.11 Å². The van der Waals surface area contributed by atoms with Gasteiger partial charge < -0.3 is 10.4 Å². The number of nitrogens with one attached hydrogen (secondary N) is 2. The predicted octanol–water partition coefficient (Wildman–Crippen LogP) is 1.66. The van der Waals surface area contributed by atoms with Crippen molar-refractivity contribution in [1.29, 1.82) is 0 Å². The van der Waals surface area contributed by atoms with Gasteiger partial charge in [0.15, 0.2) is 5.78 Å². The van der Waals surface area contributed by atoms with Crippen LogP contribution in [-0.4, -0.2) is 40.9 Å². The highest BCUT2D eigenvalue weighted by Crippen LogP contribution is 2.30. The third kappa shape index (κ3) is 5.80. The molecular formula is C21H24N2O4. The number of hydrogen-bond acceptors (Lipinski definition) is 4. The Kier molecular flexibility index (Phi) is 7.33. The van der Waals surface area contributed by atoms with Crippen molar-refractivity contribution < 1.29 is 19.5 Å². The van der Waals surface area contributed by atoms with Crippen LogP contribution in [0.3, 0.4) is 0 Å². The lowest BCUT2D eigenvalue weighted by molar-refractivity contribution is -0.136. The molecule has 1 unspecified atom stereocenters. The molecule has 0 bridgehead atoms. The van der Waals surface area contributed by atoms with E-state index in [0.717, 1.165) is 19.3 Å². The summed E-state index contributed by atoms with van der Waals surface area (Å²) in [5.41, 5.74) is -0.339. The molecular weight excluding hydrogens is 344 g/mol. The van der Waals surface area contributed by atoms with Gasteiger partial charge in [-0.05, 0) is 25.0 Å². The smallest absolute Gasteiger partial charge is 0.317 e. The summed E-state index contributed by atoms with van der Waals surface area (Å²) in [6.45, 7) is 3.26. The van der Waals surface area contributed by atoms with Gasteiger partial charge in [-0.3, -0.25) is 19.7 Å². The third-order valence-electron chi connectivity index (χ3n) is 4.62. The van der Waals surface area contributed by atoms with Crippen LogP contribution in [0, 0.1) is 11.8 Å². The fourth-order valence-electron chi connectivity index (χ4n) is 3.27. The van der Waals surface area contributed by atoms with E-state index in [-0.39, 0.29) is 12.3 Å². The highest BCUT2D eigenvalue weighted by molar-refractivity contribution is 6.02. The number of ketones is 1. The Hall–Kier alpha value is -2.91. The molecule has 1 aromatic rings. The maximum absolute atomic E-state index is 13.1. The summed E-state index contributed by atoms with van der Waals surface area (Å²) < 4.78 is 0. The lowest BCUT2D eigenvalue weighted by Gasteiger charge is -2.38. The molecule has 1 aliphatic rings. The fraction of sp³-hybridized carbons (Fsp3) is 0.381. The number of carboxylic acid groups (broad SMARTS) is 1. The van der Waals surface area contributed by atoms with E-state index in [2.05, 4.69) is 29.1 Å². The molecule has 0 heterocycles. The summed E-state index contributed by atoms with van der Waals surface area (Å²) in [6.07, 6.45) is 4.99. The quantitative estimate of drug-likeness (QED) is 0.502. The van der Waals surface area contributed by atoms with Crippen molar-refractivity contribution in [3.63, 3.8) is 0 Å². The van der Waals surface area contributed by atoms with Crippen molar-refractivity contribution in [2.24, 2.45) is 0 Å². The standard InChI is InChI=1S/C21H24N2O4/c1-2-17(22-15-19(25)26)20(27)21(13-7-4-8-14-21)23-18(24)12-11-16-9-5-3-6-10-16/h2-3,5-6,9-10,17,22H,1,4,7-8,13-15H2,(H,23,24)(H,25,26). The first-order chi connectivity index (χ1) is 13.0. The summed E-state index contributed by atoms with van der Waals surface area (Å²) >= 11 is 0. The van der Waals surface area contributed by atoms with Gasteiger partial charge in [0, 0.05) is 11.5 Å². The summed E-state index contributed by atoms with van der Waals surface area (Å²) in [7, 11) is 0. The molecule has 1 aromatic carbocycles. The first-order valence-electron chi connectivity index (χ1n) is 8.98. The van der Waals surface area contributed by atoms with Crippen molar-refractivity contribution in [1.82, 2.24) is 10.6 Å². The van der Waals surface area contributed by atoms with Gasteiger partial charge >= 0.3 is 5.97 Å². The highest BCUT2D eigenvalue weighted by Gasteiger charge is 2.43. The van der Waals surface area contributed by atoms with E-state index in [1.54, 1.807) is 12.1 Å². The van der Waals surface area contributed by atoms with Crippen LogP contribution >= 0.6 is 0 Å². The molecule has 0 aliphatic heterocycles. The first kappa shape index (κ1) is 20.4. The average molecular weight is 368 g/mol. The lowest BCUT2D eigenvalue weighted by Crippen LogP contribution is -2.60. The molecule has 1 aliphatic carbocycles. The molecule has 1 fully saturated rings. The van der Waals surface area contributed by atoms with Crippen molar-refractivity contribution in [2.75, 3.05) is 6.54 Å². The predicted molar refractivity (Wildman–Crippen MR) is 102 cm³/mol. The number of amides is 1. The lowest BCUT2D eigenvalue weighted by atomic mass is 9.76. The summed E-state index contributed by atoms with van der Waals surface area (Å²) in [6, 6.07) is 8.27. The van der Waals surface area contributed by atoms with E-state index < -0.39 is 23.5 Å². The minimum atomic E-state index is -1.06. The zero-order valence-electron chi connectivity index (χ0n) is 15.2. The van der Waals surface area contributed by atoms with Gasteiger partial charge in [0.2, 0.25) is 0 Å². The van der Waals surface area contributed by atoms with Crippen LogP contribution in [0.15, 0.2) is 43.0 Å². The maximum atomic E-state index is 13.1. The second-order valence-electron chi connectivity index (χ2n) is 6.57. The normalized spacial score (nSPS) is 16.3. The second-order valence-corrected chi connectivity index (χ2v) is 6.57. The molecule has 1 amide bonds. The van der Waals surface area contributed by atoms with E-state index in [0.29, 0.717) is 18.4 Å². The number of hydrogen-bond donors (Lipinski definition) is 3. The second kappa shape index (κ2) is 9.70. The highest BCUT2D eigenvalue weighted by atomic mass is 16.4. The SMILES string of the molecule is C=CC(NCC(=O)O)C(=O)C1(NC(=O)C#Cc2ccccc2)CCCCC1. The minimum absolute atomic E-state index is 0.270. The Bertz CT molecular complexity index is 755. The first-order valence-corrected chi connectivity index (χ1v) is 8.98. The number of carboxylic acids is 1. The number of aliphatic carboxylic acids is 1. The van der Waals surface area contributed by atoms with Crippen LogP contribution in [0.25, 0.3) is 0 Å². The van der Waals surface area contributed by atoms with E-state index in [9.17, 15) is 14.4 Å². The molecule has 1 atom stereocenters. The number of carbonyl (C=O) groups is 3. The van der Waals surface area contributed by atoms with Gasteiger partial charge in [0.1, 0.15) is 5.54 Å². The van der Waals surface area contributed by atoms with Crippen LogP contribution in [0.5, 0.6) is 0 Å². The van der Waals surface area contributed by atoms with Crippen molar-refractivity contribution >= 4 is 17.7 Å². The Balaban J connectivity index is 2.16. The zero-order chi connectivity index (χ0) is 19.7. The van der Waals surface area contributed by atoms with Crippen molar-refractivity contribution in [2.45, 2.75) is 43.7 Å². The van der Waals surface area contributed by atoms with Crippen LogP contribution in [0.4, 0.5) is 0 Å². The molecule has 0 saturated heterocycles. The molecule has 0 spiro atoms. The van der Waals surface area contributed by atoms with Gasteiger partial charge in [-0.25, -0.2) is 0 Å². The Morgan fingerprint density at radius 2 is 1.85 bits per heavy atom. The Morgan fingerprint density at radius 1 is 1.19 bits per heavy atom. The Labute approximate surface area is 159 Å². The minimum Gasteiger partial charge on any atom is -0.480 e. The number of carbonyl (C=O) groups excluding carboxylic acids is 2.